The Labute approximate surface area is 134 Å². The normalized spacial score (nSPS) is 17.0. The third-order valence-electron chi connectivity index (χ3n) is 4.21. The highest BCUT2D eigenvalue weighted by Crippen LogP contribution is 2.26. The van der Waals surface area contributed by atoms with Gasteiger partial charge in [0, 0.05) is 26.2 Å². The van der Waals surface area contributed by atoms with Crippen LogP contribution in [0.3, 0.4) is 0 Å². The van der Waals surface area contributed by atoms with Gasteiger partial charge < -0.3 is 9.42 Å². The number of benzene rings is 1. The molecule has 2 heterocycles. The fraction of sp³-hybridized carbons (Fsp3) is 0.438. The third kappa shape index (κ3) is 3.03. The topological polar surface area (TPSA) is 69.2 Å². The highest BCUT2D eigenvalue weighted by atomic mass is 19.1. The van der Waals surface area contributed by atoms with Crippen molar-refractivity contribution in [2.75, 3.05) is 31.1 Å². The summed E-state index contributed by atoms with van der Waals surface area (Å²) < 4.78 is 19.0. The minimum absolute atomic E-state index is 0.0429. The van der Waals surface area contributed by atoms with Crippen LogP contribution < -0.4 is 4.90 Å². The van der Waals surface area contributed by atoms with E-state index in [1.807, 2.05) is 17.9 Å². The van der Waals surface area contributed by atoms with Gasteiger partial charge in [0.05, 0.1) is 11.7 Å². The predicted molar refractivity (Wildman–Crippen MR) is 82.4 cm³/mol. The van der Waals surface area contributed by atoms with Crippen LogP contribution in [0.1, 0.15) is 30.2 Å². The van der Waals surface area contributed by atoms with E-state index < -0.39 is 5.82 Å². The van der Waals surface area contributed by atoms with E-state index in [1.54, 1.807) is 19.1 Å². The highest BCUT2D eigenvalue weighted by Gasteiger charge is 2.26. The van der Waals surface area contributed by atoms with Crippen LogP contribution in [0, 0.1) is 24.1 Å². The van der Waals surface area contributed by atoms with E-state index in [9.17, 15) is 4.39 Å². The van der Waals surface area contributed by atoms with E-state index >= 15 is 0 Å². The van der Waals surface area contributed by atoms with Crippen molar-refractivity contribution in [1.29, 1.82) is 5.26 Å². The Kier molecular flexibility index (Phi) is 4.26. The van der Waals surface area contributed by atoms with Gasteiger partial charge in [-0.3, -0.25) is 4.90 Å². The summed E-state index contributed by atoms with van der Waals surface area (Å²) in [6.07, 6.45) is 0. The lowest BCUT2D eigenvalue weighted by atomic mass is 10.1. The second kappa shape index (κ2) is 6.34. The number of aryl methyl sites for hydroxylation is 1. The zero-order chi connectivity index (χ0) is 16.4. The minimum Gasteiger partial charge on any atom is -0.368 e. The maximum absolute atomic E-state index is 13.7. The molecule has 2 aromatic rings. The van der Waals surface area contributed by atoms with Crippen molar-refractivity contribution in [3.63, 3.8) is 0 Å². The number of aromatic nitrogens is 2. The van der Waals surface area contributed by atoms with Gasteiger partial charge in [-0.05, 0) is 26.0 Å². The van der Waals surface area contributed by atoms with Crippen molar-refractivity contribution in [2.24, 2.45) is 0 Å². The van der Waals surface area contributed by atoms with Crippen LogP contribution >= 0.6 is 0 Å². The third-order valence-corrected chi connectivity index (χ3v) is 4.21. The smallest absolute Gasteiger partial charge is 0.243 e. The van der Waals surface area contributed by atoms with Crippen LogP contribution in [-0.2, 0) is 0 Å². The van der Waals surface area contributed by atoms with Gasteiger partial charge in [-0.1, -0.05) is 11.2 Å². The van der Waals surface area contributed by atoms with Gasteiger partial charge in [0.1, 0.15) is 17.4 Å². The molecule has 0 saturated carbocycles. The Bertz CT molecular complexity index is 730. The molecule has 120 valence electrons. The highest BCUT2D eigenvalue weighted by molar-refractivity contribution is 5.60. The molecule has 0 bridgehead atoms. The molecular formula is C16H18FN5O. The van der Waals surface area contributed by atoms with Crippen LogP contribution in [0.5, 0.6) is 0 Å². The van der Waals surface area contributed by atoms with Crippen LogP contribution in [-0.4, -0.2) is 41.2 Å². The summed E-state index contributed by atoms with van der Waals surface area (Å²) in [5, 5.41) is 13.0. The van der Waals surface area contributed by atoms with E-state index in [0.717, 1.165) is 26.2 Å². The Morgan fingerprint density at radius 1 is 1.30 bits per heavy atom. The van der Waals surface area contributed by atoms with Gasteiger partial charge >= 0.3 is 0 Å². The lowest BCUT2D eigenvalue weighted by Gasteiger charge is -2.38. The molecule has 0 aliphatic carbocycles. The first kappa shape index (κ1) is 15.4. The summed E-state index contributed by atoms with van der Waals surface area (Å²) in [5.41, 5.74) is 0.773. The van der Waals surface area contributed by atoms with Crippen molar-refractivity contribution < 1.29 is 8.91 Å². The zero-order valence-electron chi connectivity index (χ0n) is 13.2. The Morgan fingerprint density at radius 3 is 2.65 bits per heavy atom. The molecule has 1 aliphatic heterocycles. The first-order valence-electron chi connectivity index (χ1n) is 7.58. The molecule has 1 aromatic heterocycles. The number of halogens is 1. The lowest BCUT2D eigenvalue weighted by molar-refractivity contribution is 0.164. The molecule has 7 heteroatoms. The first-order chi connectivity index (χ1) is 11.1. The monoisotopic (exact) mass is 315 g/mol. The number of nitriles is 1. The Morgan fingerprint density at radius 2 is 2.04 bits per heavy atom. The lowest BCUT2D eigenvalue weighted by Crippen LogP contribution is -2.47. The second-order valence-electron chi connectivity index (χ2n) is 5.62. The van der Waals surface area contributed by atoms with E-state index in [2.05, 4.69) is 15.0 Å². The number of piperazine rings is 1. The zero-order valence-corrected chi connectivity index (χ0v) is 13.2. The van der Waals surface area contributed by atoms with Crippen molar-refractivity contribution in [2.45, 2.75) is 19.9 Å². The Balaban J connectivity index is 1.69. The molecule has 0 unspecified atom stereocenters. The molecular weight excluding hydrogens is 297 g/mol. The average Bonchev–Trinajstić information content (AvgIpc) is 3.00. The van der Waals surface area contributed by atoms with Gasteiger partial charge in [0.2, 0.25) is 5.89 Å². The fourth-order valence-electron chi connectivity index (χ4n) is 2.88. The van der Waals surface area contributed by atoms with E-state index in [4.69, 9.17) is 9.78 Å². The summed E-state index contributed by atoms with van der Waals surface area (Å²) >= 11 is 0. The molecule has 1 atom stereocenters. The molecule has 3 rings (SSSR count). The van der Waals surface area contributed by atoms with E-state index in [-0.39, 0.29) is 11.6 Å². The maximum atomic E-state index is 13.7. The molecule has 6 nitrogen and oxygen atoms in total. The second-order valence-corrected chi connectivity index (χ2v) is 5.62. The van der Waals surface area contributed by atoms with Gasteiger partial charge in [0.15, 0.2) is 5.82 Å². The minimum atomic E-state index is -0.470. The molecule has 0 amide bonds. The van der Waals surface area contributed by atoms with Crippen molar-refractivity contribution in [3.8, 4) is 6.07 Å². The van der Waals surface area contributed by atoms with E-state index in [1.165, 1.54) is 6.07 Å². The maximum Gasteiger partial charge on any atom is 0.243 e. The van der Waals surface area contributed by atoms with Crippen LogP contribution in [0.15, 0.2) is 22.7 Å². The number of hydrogen-bond donors (Lipinski definition) is 0. The fourth-order valence-corrected chi connectivity index (χ4v) is 2.88. The molecule has 1 fully saturated rings. The molecule has 1 saturated heterocycles. The molecule has 1 aromatic carbocycles. The largest absolute Gasteiger partial charge is 0.368 e. The SMILES string of the molecule is Cc1noc([C@@H](C)N2CCN(c3cccc(F)c3C#N)CC2)n1. The van der Waals surface area contributed by atoms with Crippen LogP contribution in [0.4, 0.5) is 10.1 Å². The molecule has 23 heavy (non-hydrogen) atoms. The predicted octanol–water partition coefficient (Wildman–Crippen LogP) is 2.27. The molecule has 0 spiro atoms. The summed E-state index contributed by atoms with van der Waals surface area (Å²) in [4.78, 5) is 8.57. The van der Waals surface area contributed by atoms with E-state index in [0.29, 0.717) is 17.4 Å². The average molecular weight is 315 g/mol. The first-order valence-corrected chi connectivity index (χ1v) is 7.58. The van der Waals surface area contributed by atoms with Gasteiger partial charge in [-0.15, -0.1) is 0 Å². The van der Waals surface area contributed by atoms with Gasteiger partial charge in [-0.25, -0.2) is 4.39 Å². The van der Waals surface area contributed by atoms with Crippen LogP contribution in [0.2, 0.25) is 0 Å². The summed E-state index contributed by atoms with van der Waals surface area (Å²) in [6, 6.07) is 6.76. The summed E-state index contributed by atoms with van der Waals surface area (Å²) in [6.45, 7) is 6.83. The van der Waals surface area contributed by atoms with Gasteiger partial charge in [0.25, 0.3) is 0 Å². The number of hydrogen-bond acceptors (Lipinski definition) is 6. The summed E-state index contributed by atoms with van der Waals surface area (Å²) in [5.74, 6) is 0.769. The number of anilines is 1. The van der Waals surface area contributed by atoms with Crippen molar-refractivity contribution in [1.82, 2.24) is 15.0 Å². The molecule has 0 N–H and O–H groups in total. The number of rotatable bonds is 3. The quantitative estimate of drug-likeness (QED) is 0.865. The number of nitrogens with zero attached hydrogens (tertiary/aromatic N) is 5. The van der Waals surface area contributed by atoms with Crippen molar-refractivity contribution in [3.05, 3.63) is 41.3 Å². The van der Waals surface area contributed by atoms with Gasteiger partial charge in [-0.2, -0.15) is 10.2 Å². The molecule has 0 radical (unpaired) electrons. The van der Waals surface area contributed by atoms with Crippen molar-refractivity contribution >= 4 is 5.69 Å². The van der Waals surface area contributed by atoms with Crippen LogP contribution in [0.25, 0.3) is 0 Å². The Hall–Kier alpha value is -2.46. The summed E-state index contributed by atoms with van der Waals surface area (Å²) in [7, 11) is 0. The standard InChI is InChI=1S/C16H18FN5O/c1-11(16-19-12(2)20-23-16)21-6-8-22(9-7-21)15-5-3-4-14(17)13(15)10-18/h3-5,11H,6-9H2,1-2H3/t11-/m1/s1. The molecule has 1 aliphatic rings.